The van der Waals surface area contributed by atoms with Crippen molar-refractivity contribution >= 4 is 17.6 Å². The molecule has 0 aliphatic carbocycles. The molecule has 0 heterocycles. The minimum atomic E-state index is -1.06. The summed E-state index contributed by atoms with van der Waals surface area (Å²) in [6, 6.07) is 12.2. The van der Waals surface area contributed by atoms with E-state index in [-0.39, 0.29) is 12.4 Å². The Bertz CT molecular complexity index is 821. The molecular weight excluding hydrogens is 355 g/mol. The van der Waals surface area contributed by atoms with Crippen LogP contribution in [0.2, 0.25) is 0 Å². The van der Waals surface area contributed by atoms with Crippen molar-refractivity contribution in [1.82, 2.24) is 5.43 Å². The Labute approximate surface area is 155 Å². The van der Waals surface area contributed by atoms with Crippen molar-refractivity contribution in [3.8, 4) is 11.5 Å². The number of carboxylic acids is 1. The first-order valence-electron chi connectivity index (χ1n) is 8.16. The van der Waals surface area contributed by atoms with Crippen LogP contribution < -0.4 is 14.9 Å². The molecule has 1 amide bonds. The Kier molecular flexibility index (Phi) is 7.30. The van der Waals surface area contributed by atoms with Gasteiger partial charge in [0, 0.05) is 6.07 Å². The van der Waals surface area contributed by atoms with Gasteiger partial charge in [-0.15, -0.1) is 0 Å². The SMILES string of the molecule is CC/C(=N/NC(=O)COc1cccc(F)c1)c1ccc(OCC(=O)O)cc1. The van der Waals surface area contributed by atoms with Gasteiger partial charge in [0.25, 0.3) is 5.91 Å². The molecule has 0 fully saturated rings. The van der Waals surface area contributed by atoms with Crippen molar-refractivity contribution in [3.63, 3.8) is 0 Å². The largest absolute Gasteiger partial charge is 0.484 e. The molecule has 0 spiro atoms. The first-order valence-corrected chi connectivity index (χ1v) is 8.16. The highest BCUT2D eigenvalue weighted by Gasteiger charge is 2.06. The maximum atomic E-state index is 13.1. The van der Waals surface area contributed by atoms with Gasteiger partial charge in [0.1, 0.15) is 17.3 Å². The molecule has 0 atom stereocenters. The van der Waals surface area contributed by atoms with Crippen LogP contribution in [0.1, 0.15) is 18.9 Å². The summed E-state index contributed by atoms with van der Waals surface area (Å²) in [5, 5.41) is 12.7. The Morgan fingerprint density at radius 3 is 2.41 bits per heavy atom. The molecule has 7 nitrogen and oxygen atoms in total. The number of carboxylic acid groups (broad SMARTS) is 1. The Morgan fingerprint density at radius 2 is 1.78 bits per heavy atom. The number of nitrogens with zero attached hydrogens (tertiary/aromatic N) is 1. The van der Waals surface area contributed by atoms with E-state index in [0.717, 1.165) is 5.56 Å². The van der Waals surface area contributed by atoms with Gasteiger partial charge in [-0.3, -0.25) is 4.79 Å². The van der Waals surface area contributed by atoms with E-state index >= 15 is 0 Å². The molecule has 2 aromatic rings. The summed E-state index contributed by atoms with van der Waals surface area (Å²) in [4.78, 5) is 22.3. The zero-order chi connectivity index (χ0) is 19.6. The predicted molar refractivity (Wildman–Crippen MR) is 96.4 cm³/mol. The number of benzene rings is 2. The molecule has 0 saturated heterocycles. The second-order valence-corrected chi connectivity index (χ2v) is 5.40. The van der Waals surface area contributed by atoms with E-state index < -0.39 is 24.3 Å². The Hall–Kier alpha value is -3.42. The lowest BCUT2D eigenvalue weighted by molar-refractivity contribution is -0.139. The first kappa shape index (κ1) is 19.9. The summed E-state index contributed by atoms with van der Waals surface area (Å²) in [6.45, 7) is 1.16. The quantitative estimate of drug-likeness (QED) is 0.519. The number of ether oxygens (including phenoxy) is 2. The van der Waals surface area contributed by atoms with Crippen LogP contribution in [0.15, 0.2) is 53.6 Å². The zero-order valence-corrected chi connectivity index (χ0v) is 14.6. The highest BCUT2D eigenvalue weighted by atomic mass is 19.1. The topological polar surface area (TPSA) is 97.2 Å². The molecule has 0 aliphatic heterocycles. The summed E-state index contributed by atoms with van der Waals surface area (Å²) < 4.78 is 23.3. The van der Waals surface area contributed by atoms with Gasteiger partial charge in [0.15, 0.2) is 13.2 Å². The molecule has 0 unspecified atom stereocenters. The number of rotatable bonds is 9. The third-order valence-electron chi connectivity index (χ3n) is 3.37. The van der Waals surface area contributed by atoms with Crippen LogP contribution in [0.5, 0.6) is 11.5 Å². The zero-order valence-electron chi connectivity index (χ0n) is 14.6. The predicted octanol–water partition coefficient (Wildman–Crippen LogP) is 2.60. The van der Waals surface area contributed by atoms with Crippen molar-refractivity contribution in [3.05, 3.63) is 59.9 Å². The molecular formula is C19H19FN2O5. The average Bonchev–Trinajstić information content (AvgIpc) is 2.66. The Morgan fingerprint density at radius 1 is 1.07 bits per heavy atom. The molecule has 27 heavy (non-hydrogen) atoms. The van der Waals surface area contributed by atoms with Crippen molar-refractivity contribution < 1.29 is 28.6 Å². The molecule has 2 aromatic carbocycles. The number of hydrazone groups is 1. The fourth-order valence-corrected chi connectivity index (χ4v) is 2.10. The minimum Gasteiger partial charge on any atom is -0.484 e. The van der Waals surface area contributed by atoms with Crippen LogP contribution in [0.3, 0.4) is 0 Å². The minimum absolute atomic E-state index is 0.252. The monoisotopic (exact) mass is 374 g/mol. The molecule has 2 rings (SSSR count). The maximum Gasteiger partial charge on any atom is 0.341 e. The van der Waals surface area contributed by atoms with Gasteiger partial charge in [0.2, 0.25) is 0 Å². The third-order valence-corrected chi connectivity index (χ3v) is 3.37. The van der Waals surface area contributed by atoms with E-state index in [4.69, 9.17) is 14.6 Å². The summed E-state index contributed by atoms with van der Waals surface area (Å²) >= 11 is 0. The van der Waals surface area contributed by atoms with Crippen molar-refractivity contribution in [1.29, 1.82) is 0 Å². The molecule has 0 radical (unpaired) electrons. The van der Waals surface area contributed by atoms with Crippen LogP contribution in [-0.2, 0) is 9.59 Å². The maximum absolute atomic E-state index is 13.1. The van der Waals surface area contributed by atoms with E-state index in [1.54, 1.807) is 30.3 Å². The number of carbonyl (C=O) groups excluding carboxylic acids is 1. The third kappa shape index (κ3) is 6.77. The number of halogens is 1. The van der Waals surface area contributed by atoms with Crippen LogP contribution >= 0.6 is 0 Å². The van der Waals surface area contributed by atoms with Gasteiger partial charge in [0.05, 0.1) is 5.71 Å². The van der Waals surface area contributed by atoms with E-state index in [9.17, 15) is 14.0 Å². The molecule has 142 valence electrons. The number of nitrogens with one attached hydrogen (secondary N) is 1. The highest BCUT2D eigenvalue weighted by Crippen LogP contribution is 2.14. The van der Waals surface area contributed by atoms with E-state index in [2.05, 4.69) is 10.5 Å². The fourth-order valence-electron chi connectivity index (χ4n) is 2.10. The van der Waals surface area contributed by atoms with Crippen LogP contribution in [0, 0.1) is 5.82 Å². The van der Waals surface area contributed by atoms with Crippen LogP contribution in [0.4, 0.5) is 4.39 Å². The lowest BCUT2D eigenvalue weighted by Gasteiger charge is -2.08. The van der Waals surface area contributed by atoms with Gasteiger partial charge in [-0.1, -0.05) is 13.0 Å². The number of carbonyl (C=O) groups is 2. The lowest BCUT2D eigenvalue weighted by Crippen LogP contribution is -2.26. The molecule has 8 heteroatoms. The fraction of sp³-hybridized carbons (Fsp3) is 0.211. The second kappa shape index (κ2) is 9.91. The number of amides is 1. The first-order chi connectivity index (χ1) is 13.0. The second-order valence-electron chi connectivity index (χ2n) is 5.40. The standard InChI is InChI=1S/C19H19FN2O5/c1-2-17(13-6-8-15(9-7-13)27-12-19(24)25)21-22-18(23)11-26-16-5-3-4-14(20)10-16/h3-10H,2,11-12H2,1H3,(H,22,23)(H,24,25)/b21-17-. The van der Waals surface area contributed by atoms with Gasteiger partial charge < -0.3 is 14.6 Å². The van der Waals surface area contributed by atoms with Gasteiger partial charge in [-0.2, -0.15) is 5.10 Å². The van der Waals surface area contributed by atoms with Crippen molar-refractivity contribution in [2.24, 2.45) is 5.10 Å². The average molecular weight is 374 g/mol. The summed E-state index contributed by atoms with van der Waals surface area (Å²) in [5.41, 5.74) is 3.77. The molecule has 0 saturated carbocycles. The smallest absolute Gasteiger partial charge is 0.341 e. The number of aliphatic carboxylic acids is 1. The van der Waals surface area contributed by atoms with Crippen LogP contribution in [-0.4, -0.2) is 35.9 Å². The van der Waals surface area contributed by atoms with E-state index in [1.165, 1.54) is 18.2 Å². The summed E-state index contributed by atoms with van der Waals surface area (Å²) in [6.07, 6.45) is 0.556. The van der Waals surface area contributed by atoms with Gasteiger partial charge in [-0.05, 0) is 48.4 Å². The summed E-state index contributed by atoms with van der Waals surface area (Å²) in [7, 11) is 0. The molecule has 2 N–H and O–H groups in total. The van der Waals surface area contributed by atoms with Gasteiger partial charge in [-0.25, -0.2) is 14.6 Å². The van der Waals surface area contributed by atoms with Crippen molar-refractivity contribution in [2.45, 2.75) is 13.3 Å². The summed E-state index contributed by atoms with van der Waals surface area (Å²) in [5.74, 6) is -1.31. The van der Waals surface area contributed by atoms with Crippen molar-refractivity contribution in [2.75, 3.05) is 13.2 Å². The Balaban J connectivity index is 1.90. The normalized spacial score (nSPS) is 11.0. The number of hydrogen-bond donors (Lipinski definition) is 2. The molecule has 0 aliphatic rings. The van der Waals surface area contributed by atoms with Gasteiger partial charge >= 0.3 is 5.97 Å². The molecule has 0 aromatic heterocycles. The lowest BCUT2D eigenvalue weighted by atomic mass is 10.1. The van der Waals surface area contributed by atoms with E-state index in [1.807, 2.05) is 6.92 Å². The highest BCUT2D eigenvalue weighted by molar-refractivity contribution is 6.01. The molecule has 0 bridgehead atoms. The van der Waals surface area contributed by atoms with Crippen LogP contribution in [0.25, 0.3) is 0 Å². The van der Waals surface area contributed by atoms with E-state index in [0.29, 0.717) is 17.9 Å². The number of hydrogen-bond acceptors (Lipinski definition) is 5.